The van der Waals surface area contributed by atoms with Gasteiger partial charge in [0.15, 0.2) is 0 Å². The molecule has 0 atom stereocenters. The summed E-state index contributed by atoms with van der Waals surface area (Å²) >= 11 is 5.50. The summed E-state index contributed by atoms with van der Waals surface area (Å²) in [4.78, 5) is -1.06. The van der Waals surface area contributed by atoms with Gasteiger partial charge in [0.25, 0.3) is 0 Å². The van der Waals surface area contributed by atoms with Crippen LogP contribution in [0.3, 0.4) is 0 Å². The van der Waals surface area contributed by atoms with E-state index >= 15 is 0 Å². The molecule has 0 aliphatic heterocycles. The highest BCUT2D eigenvalue weighted by Crippen LogP contribution is 2.36. The van der Waals surface area contributed by atoms with Gasteiger partial charge in [-0.25, -0.2) is 0 Å². The molecular weight excluding hydrogens is 355 g/mol. The van der Waals surface area contributed by atoms with Gasteiger partial charge >= 0.3 is 16.3 Å². The highest BCUT2D eigenvalue weighted by atomic mass is 35.5. The van der Waals surface area contributed by atoms with Crippen molar-refractivity contribution in [1.82, 2.24) is 0 Å². The molecule has 23 heavy (non-hydrogen) atoms. The monoisotopic (exact) mass is 361 g/mol. The van der Waals surface area contributed by atoms with Crippen molar-refractivity contribution in [3.63, 3.8) is 0 Å². The number of nitriles is 1. The molecule has 0 aromatic heterocycles. The molecule has 0 saturated heterocycles. The molecule has 0 radical (unpaired) electrons. The summed E-state index contributed by atoms with van der Waals surface area (Å²) in [5, 5.41) is 8.48. The summed E-state index contributed by atoms with van der Waals surface area (Å²) in [6, 6.07) is 9.04. The first-order chi connectivity index (χ1) is 10.6. The van der Waals surface area contributed by atoms with E-state index in [1.165, 1.54) is 18.2 Å². The van der Waals surface area contributed by atoms with Gasteiger partial charge in [0.05, 0.1) is 17.2 Å². The summed E-state index contributed by atoms with van der Waals surface area (Å²) in [5.74, 6) is -0.271. The van der Waals surface area contributed by atoms with Crippen molar-refractivity contribution in [3.05, 3.63) is 58.6 Å². The van der Waals surface area contributed by atoms with Crippen LogP contribution in [0.25, 0.3) is 0 Å². The van der Waals surface area contributed by atoms with E-state index in [2.05, 4.69) is 4.18 Å². The van der Waals surface area contributed by atoms with Crippen molar-refractivity contribution in [2.75, 3.05) is 0 Å². The smallest absolute Gasteiger partial charge is 0.379 e. The number of benzene rings is 2. The molecular formula is C14H7ClF3NO3S. The zero-order valence-electron chi connectivity index (χ0n) is 11.1. The second-order valence-corrected chi connectivity index (χ2v) is 6.27. The zero-order valence-corrected chi connectivity index (χ0v) is 12.7. The summed E-state index contributed by atoms with van der Waals surface area (Å²) in [6.07, 6.45) is -4.93. The maximum atomic E-state index is 13.0. The lowest BCUT2D eigenvalue weighted by Crippen LogP contribution is -2.17. The first-order valence-corrected chi connectivity index (χ1v) is 7.73. The molecule has 0 amide bonds. The van der Waals surface area contributed by atoms with Gasteiger partial charge in [0, 0.05) is 5.02 Å². The number of nitrogens with zero attached hydrogens (tertiary/aromatic N) is 1. The van der Waals surface area contributed by atoms with Crippen molar-refractivity contribution < 1.29 is 25.8 Å². The average Bonchev–Trinajstić information content (AvgIpc) is 2.45. The molecule has 0 aliphatic rings. The standard InChI is InChI=1S/C14H7ClF3NO3S/c15-10-4-5-13(12(7-10)14(16,17)18)23(20,21)22-11-3-1-2-9(6-11)8-19/h1-7H. The summed E-state index contributed by atoms with van der Waals surface area (Å²) in [5.41, 5.74) is -1.33. The Labute approximate surface area is 134 Å². The Hall–Kier alpha value is -2.24. The Morgan fingerprint density at radius 3 is 2.43 bits per heavy atom. The molecule has 0 unspecified atom stereocenters. The topological polar surface area (TPSA) is 67.2 Å². The first-order valence-electron chi connectivity index (χ1n) is 5.95. The predicted molar refractivity (Wildman–Crippen MR) is 75.4 cm³/mol. The summed E-state index contributed by atoms with van der Waals surface area (Å²) in [6.45, 7) is 0. The van der Waals surface area contributed by atoms with E-state index in [1.54, 1.807) is 6.07 Å². The molecule has 2 aromatic carbocycles. The zero-order chi connectivity index (χ0) is 17.3. The van der Waals surface area contributed by atoms with E-state index in [0.29, 0.717) is 12.1 Å². The van der Waals surface area contributed by atoms with Gasteiger partial charge in [0.2, 0.25) is 0 Å². The fraction of sp³-hybridized carbons (Fsp3) is 0.0714. The second-order valence-electron chi connectivity index (χ2n) is 4.32. The molecule has 120 valence electrons. The molecule has 0 aliphatic carbocycles. The number of hydrogen-bond acceptors (Lipinski definition) is 4. The van der Waals surface area contributed by atoms with Gasteiger partial charge < -0.3 is 4.18 Å². The van der Waals surface area contributed by atoms with Crippen LogP contribution in [0.4, 0.5) is 13.2 Å². The third-order valence-electron chi connectivity index (χ3n) is 2.69. The van der Waals surface area contributed by atoms with E-state index in [0.717, 1.165) is 12.1 Å². The van der Waals surface area contributed by atoms with Crippen molar-refractivity contribution >= 4 is 21.7 Å². The number of halogens is 4. The molecule has 0 fully saturated rings. The highest BCUT2D eigenvalue weighted by Gasteiger charge is 2.38. The predicted octanol–water partition coefficient (Wildman–Crippen LogP) is 4.00. The number of alkyl halides is 3. The van der Waals surface area contributed by atoms with Gasteiger partial charge in [-0.1, -0.05) is 17.7 Å². The van der Waals surface area contributed by atoms with Gasteiger partial charge in [0.1, 0.15) is 10.6 Å². The van der Waals surface area contributed by atoms with Crippen LogP contribution in [-0.2, 0) is 16.3 Å². The fourth-order valence-electron chi connectivity index (χ4n) is 1.73. The number of hydrogen-bond donors (Lipinski definition) is 0. The normalized spacial score (nSPS) is 11.8. The second kappa shape index (κ2) is 6.10. The van der Waals surface area contributed by atoms with Gasteiger partial charge in [-0.05, 0) is 36.4 Å². The molecule has 0 saturated carbocycles. The lowest BCUT2D eigenvalue weighted by molar-refractivity contribution is -0.139. The van der Waals surface area contributed by atoms with Crippen LogP contribution < -0.4 is 4.18 Å². The van der Waals surface area contributed by atoms with Crippen molar-refractivity contribution in [3.8, 4) is 11.8 Å². The maximum Gasteiger partial charge on any atom is 0.417 e. The summed E-state index contributed by atoms with van der Waals surface area (Å²) < 4.78 is 67.9. The van der Waals surface area contributed by atoms with Crippen LogP contribution in [0, 0.1) is 11.3 Å². The minimum absolute atomic E-state index is 0.102. The molecule has 2 rings (SSSR count). The molecule has 2 aromatic rings. The van der Waals surface area contributed by atoms with Crippen molar-refractivity contribution in [1.29, 1.82) is 5.26 Å². The highest BCUT2D eigenvalue weighted by molar-refractivity contribution is 7.87. The average molecular weight is 362 g/mol. The largest absolute Gasteiger partial charge is 0.417 e. The summed E-state index contributed by atoms with van der Waals surface area (Å²) in [7, 11) is -4.76. The van der Waals surface area contributed by atoms with Crippen LogP contribution >= 0.6 is 11.6 Å². The molecule has 0 bridgehead atoms. The number of rotatable bonds is 3. The molecule has 9 heteroatoms. The van der Waals surface area contributed by atoms with E-state index in [-0.39, 0.29) is 16.3 Å². The molecule has 0 N–H and O–H groups in total. The van der Waals surface area contributed by atoms with E-state index in [9.17, 15) is 21.6 Å². The Balaban J connectivity index is 2.50. The Kier molecular flexibility index (Phi) is 4.54. The Morgan fingerprint density at radius 2 is 1.83 bits per heavy atom. The van der Waals surface area contributed by atoms with Gasteiger partial charge in [-0.2, -0.15) is 26.9 Å². The molecule has 0 heterocycles. The van der Waals surface area contributed by atoms with Gasteiger partial charge in [-0.3, -0.25) is 0 Å². The quantitative estimate of drug-likeness (QED) is 0.775. The molecule has 4 nitrogen and oxygen atoms in total. The van der Waals surface area contributed by atoms with Crippen molar-refractivity contribution in [2.24, 2.45) is 0 Å². The Morgan fingerprint density at radius 1 is 1.13 bits per heavy atom. The van der Waals surface area contributed by atoms with E-state index < -0.39 is 26.8 Å². The van der Waals surface area contributed by atoms with Gasteiger partial charge in [-0.15, -0.1) is 0 Å². The molecule has 0 spiro atoms. The lowest BCUT2D eigenvalue weighted by atomic mass is 10.2. The lowest BCUT2D eigenvalue weighted by Gasteiger charge is -2.14. The van der Waals surface area contributed by atoms with Crippen LogP contribution in [0.15, 0.2) is 47.4 Å². The van der Waals surface area contributed by atoms with E-state index in [1.807, 2.05) is 0 Å². The first kappa shape index (κ1) is 17.1. The maximum absolute atomic E-state index is 13.0. The van der Waals surface area contributed by atoms with Crippen molar-refractivity contribution in [2.45, 2.75) is 11.1 Å². The van der Waals surface area contributed by atoms with Crippen LogP contribution in [0.2, 0.25) is 5.02 Å². The van der Waals surface area contributed by atoms with Crippen LogP contribution in [-0.4, -0.2) is 8.42 Å². The Bertz CT molecular complexity index is 889. The fourth-order valence-corrected chi connectivity index (χ4v) is 3.03. The van der Waals surface area contributed by atoms with Crippen LogP contribution in [0.1, 0.15) is 11.1 Å². The third-order valence-corrected chi connectivity index (χ3v) is 4.23. The minimum Gasteiger partial charge on any atom is -0.379 e. The SMILES string of the molecule is N#Cc1cccc(OS(=O)(=O)c2ccc(Cl)cc2C(F)(F)F)c1. The van der Waals surface area contributed by atoms with E-state index in [4.69, 9.17) is 16.9 Å². The third kappa shape index (κ3) is 3.94. The minimum atomic E-state index is -4.93. The van der Waals surface area contributed by atoms with Crippen LogP contribution in [0.5, 0.6) is 5.75 Å².